The van der Waals surface area contributed by atoms with Gasteiger partial charge in [0.25, 0.3) is 11.5 Å². The Bertz CT molecular complexity index is 661. The van der Waals surface area contributed by atoms with Crippen LogP contribution in [0.2, 0.25) is 0 Å². The minimum absolute atomic E-state index is 0.159. The third kappa shape index (κ3) is 2.65. The van der Waals surface area contributed by atoms with Crippen LogP contribution in [0.1, 0.15) is 36.7 Å². The molecule has 5 heteroatoms. The molecule has 0 fully saturated rings. The minimum Gasteiger partial charge on any atom is -0.364 e. The Kier molecular flexibility index (Phi) is 3.94. The van der Waals surface area contributed by atoms with Crippen LogP contribution in [-0.2, 0) is 6.54 Å². The summed E-state index contributed by atoms with van der Waals surface area (Å²) in [4.78, 5) is 23.7. The Morgan fingerprint density at radius 1 is 1.26 bits per heavy atom. The van der Waals surface area contributed by atoms with E-state index in [9.17, 15) is 9.59 Å². The molecular weight excluding hydrogens is 242 g/mol. The normalized spacial score (nSPS) is 10.8. The second kappa shape index (κ2) is 5.65. The lowest BCUT2D eigenvalue weighted by Crippen LogP contribution is -2.28. The Hall–Kier alpha value is -2.17. The van der Waals surface area contributed by atoms with Gasteiger partial charge in [-0.15, -0.1) is 0 Å². The lowest BCUT2D eigenvalue weighted by molar-refractivity contribution is 0.0995. The lowest BCUT2D eigenvalue weighted by atomic mass is 10.1. The Balaban J connectivity index is 2.56. The molecule has 2 N–H and O–H groups in total. The molecule has 100 valence electrons. The van der Waals surface area contributed by atoms with Crippen LogP contribution >= 0.6 is 0 Å². The van der Waals surface area contributed by atoms with E-state index in [1.165, 1.54) is 4.68 Å². The van der Waals surface area contributed by atoms with Crippen molar-refractivity contribution in [3.05, 3.63) is 40.3 Å². The van der Waals surface area contributed by atoms with E-state index in [2.05, 4.69) is 12.0 Å². The molecule has 5 nitrogen and oxygen atoms in total. The second-order valence-electron chi connectivity index (χ2n) is 4.49. The highest BCUT2D eigenvalue weighted by molar-refractivity contribution is 6.03. The number of nitrogens with zero attached hydrogens (tertiary/aromatic N) is 2. The molecule has 0 unspecified atom stereocenters. The summed E-state index contributed by atoms with van der Waals surface area (Å²) in [7, 11) is 0. The van der Waals surface area contributed by atoms with Crippen LogP contribution in [0.15, 0.2) is 29.1 Å². The number of aromatic nitrogens is 2. The number of benzene rings is 1. The molecule has 0 aliphatic heterocycles. The summed E-state index contributed by atoms with van der Waals surface area (Å²) in [5.74, 6) is -0.611. The number of aryl methyl sites for hydroxylation is 1. The smallest absolute Gasteiger partial charge is 0.274 e. The van der Waals surface area contributed by atoms with Crippen molar-refractivity contribution in [3.8, 4) is 0 Å². The molecule has 0 aliphatic carbocycles. The van der Waals surface area contributed by atoms with Gasteiger partial charge < -0.3 is 5.73 Å². The quantitative estimate of drug-likeness (QED) is 0.830. The third-order valence-corrected chi connectivity index (χ3v) is 3.07. The number of carbonyl (C=O) groups is 1. The van der Waals surface area contributed by atoms with Gasteiger partial charge >= 0.3 is 0 Å². The molecule has 0 bridgehead atoms. The zero-order chi connectivity index (χ0) is 13.8. The molecule has 2 aromatic rings. The molecule has 0 spiro atoms. The van der Waals surface area contributed by atoms with Gasteiger partial charge in [-0.1, -0.05) is 38.0 Å². The van der Waals surface area contributed by atoms with Gasteiger partial charge in [-0.25, -0.2) is 4.68 Å². The van der Waals surface area contributed by atoms with Gasteiger partial charge in [0.05, 0.1) is 5.39 Å². The summed E-state index contributed by atoms with van der Waals surface area (Å²) in [5, 5.41) is 5.11. The molecule has 1 aromatic heterocycles. The van der Waals surface area contributed by atoms with E-state index in [0.717, 1.165) is 19.3 Å². The van der Waals surface area contributed by atoms with Crippen LogP contribution in [0.4, 0.5) is 0 Å². The van der Waals surface area contributed by atoms with Crippen molar-refractivity contribution in [1.82, 2.24) is 9.78 Å². The van der Waals surface area contributed by atoms with Crippen molar-refractivity contribution < 1.29 is 4.79 Å². The Morgan fingerprint density at radius 3 is 2.58 bits per heavy atom. The average molecular weight is 259 g/mol. The van der Waals surface area contributed by atoms with E-state index in [-0.39, 0.29) is 11.3 Å². The molecule has 19 heavy (non-hydrogen) atoms. The number of nitrogens with two attached hydrogens (primary N) is 1. The standard InChI is InChI=1S/C14H17N3O2/c1-2-3-6-9-17-14(19)11-8-5-4-7-10(11)12(16-17)13(15)18/h4-5,7-8H,2-3,6,9H2,1H3,(H2,15,18). The van der Waals surface area contributed by atoms with Crippen LogP contribution in [0, 0.1) is 0 Å². The van der Waals surface area contributed by atoms with E-state index < -0.39 is 5.91 Å². The summed E-state index contributed by atoms with van der Waals surface area (Å²) >= 11 is 0. The summed E-state index contributed by atoms with van der Waals surface area (Å²) < 4.78 is 1.35. The van der Waals surface area contributed by atoms with E-state index >= 15 is 0 Å². The molecular formula is C14H17N3O2. The van der Waals surface area contributed by atoms with E-state index in [0.29, 0.717) is 17.3 Å². The minimum atomic E-state index is -0.611. The van der Waals surface area contributed by atoms with E-state index in [1.54, 1.807) is 24.3 Å². The lowest BCUT2D eigenvalue weighted by Gasteiger charge is -2.08. The number of carbonyl (C=O) groups excluding carboxylic acids is 1. The maximum absolute atomic E-state index is 12.2. The van der Waals surface area contributed by atoms with Crippen molar-refractivity contribution in [2.45, 2.75) is 32.7 Å². The molecule has 0 saturated carbocycles. The summed E-state index contributed by atoms with van der Waals surface area (Å²) in [5.41, 5.74) is 5.33. The first kappa shape index (κ1) is 13.3. The van der Waals surface area contributed by atoms with Gasteiger partial charge in [0, 0.05) is 11.9 Å². The summed E-state index contributed by atoms with van der Waals surface area (Å²) in [6, 6.07) is 6.92. The van der Waals surface area contributed by atoms with Crippen LogP contribution < -0.4 is 11.3 Å². The number of hydrogen-bond donors (Lipinski definition) is 1. The fraction of sp³-hybridized carbons (Fsp3) is 0.357. The van der Waals surface area contributed by atoms with Crippen LogP contribution in [-0.4, -0.2) is 15.7 Å². The number of amides is 1. The first-order valence-corrected chi connectivity index (χ1v) is 6.44. The van der Waals surface area contributed by atoms with E-state index in [1.807, 2.05) is 0 Å². The van der Waals surface area contributed by atoms with Crippen LogP contribution in [0.3, 0.4) is 0 Å². The van der Waals surface area contributed by atoms with Crippen molar-refractivity contribution in [2.24, 2.45) is 5.73 Å². The summed E-state index contributed by atoms with van der Waals surface area (Å²) in [6.07, 6.45) is 2.94. The number of rotatable bonds is 5. The zero-order valence-corrected chi connectivity index (χ0v) is 10.9. The van der Waals surface area contributed by atoms with Crippen LogP contribution in [0.25, 0.3) is 10.8 Å². The Labute approximate surface area is 111 Å². The molecule has 0 radical (unpaired) electrons. The molecule has 0 saturated heterocycles. The maximum Gasteiger partial charge on any atom is 0.274 e. The van der Waals surface area contributed by atoms with Gasteiger partial charge in [-0.2, -0.15) is 5.10 Å². The fourth-order valence-corrected chi connectivity index (χ4v) is 2.08. The van der Waals surface area contributed by atoms with Crippen LogP contribution in [0.5, 0.6) is 0 Å². The molecule has 2 rings (SSSR count). The van der Waals surface area contributed by atoms with Gasteiger partial charge in [0.2, 0.25) is 0 Å². The van der Waals surface area contributed by atoms with Crippen molar-refractivity contribution in [1.29, 1.82) is 0 Å². The number of primary amides is 1. The first-order valence-electron chi connectivity index (χ1n) is 6.44. The molecule has 1 aromatic carbocycles. The molecule has 0 atom stereocenters. The van der Waals surface area contributed by atoms with E-state index in [4.69, 9.17) is 5.73 Å². The Morgan fingerprint density at radius 2 is 1.95 bits per heavy atom. The van der Waals surface area contributed by atoms with Gasteiger partial charge in [0.1, 0.15) is 0 Å². The van der Waals surface area contributed by atoms with Crippen molar-refractivity contribution in [2.75, 3.05) is 0 Å². The van der Waals surface area contributed by atoms with Crippen molar-refractivity contribution >= 4 is 16.7 Å². The summed E-state index contributed by atoms with van der Waals surface area (Å²) in [6.45, 7) is 2.60. The average Bonchev–Trinajstić information content (AvgIpc) is 2.41. The monoisotopic (exact) mass is 259 g/mol. The number of fused-ring (bicyclic) bond motifs is 1. The predicted molar refractivity (Wildman–Crippen MR) is 74.0 cm³/mol. The molecule has 0 aliphatic rings. The number of hydrogen-bond acceptors (Lipinski definition) is 3. The fourth-order valence-electron chi connectivity index (χ4n) is 2.08. The maximum atomic E-state index is 12.2. The highest BCUT2D eigenvalue weighted by Gasteiger charge is 2.13. The topological polar surface area (TPSA) is 78.0 Å². The molecule has 1 heterocycles. The highest BCUT2D eigenvalue weighted by atomic mass is 16.1. The van der Waals surface area contributed by atoms with Gasteiger partial charge in [-0.3, -0.25) is 9.59 Å². The third-order valence-electron chi connectivity index (χ3n) is 3.07. The largest absolute Gasteiger partial charge is 0.364 e. The highest BCUT2D eigenvalue weighted by Crippen LogP contribution is 2.12. The van der Waals surface area contributed by atoms with Crippen molar-refractivity contribution in [3.63, 3.8) is 0 Å². The molecule has 1 amide bonds. The second-order valence-corrected chi connectivity index (χ2v) is 4.49. The first-order chi connectivity index (χ1) is 9.15. The zero-order valence-electron chi connectivity index (χ0n) is 10.9. The van der Waals surface area contributed by atoms with Gasteiger partial charge in [0.15, 0.2) is 5.69 Å². The predicted octanol–water partition coefficient (Wildman–Crippen LogP) is 1.69. The number of unbranched alkanes of at least 4 members (excludes halogenated alkanes) is 2. The SMILES string of the molecule is CCCCCn1nc(C(N)=O)c2ccccc2c1=O. The van der Waals surface area contributed by atoms with Gasteiger partial charge in [-0.05, 0) is 12.5 Å².